The van der Waals surface area contributed by atoms with E-state index in [4.69, 9.17) is 11.6 Å². The van der Waals surface area contributed by atoms with E-state index in [1.165, 1.54) is 35.2 Å². The van der Waals surface area contributed by atoms with Crippen molar-refractivity contribution in [1.29, 1.82) is 0 Å². The second-order valence-electron chi connectivity index (χ2n) is 9.24. The number of benzene rings is 3. The molecule has 0 aromatic heterocycles. The first kappa shape index (κ1) is 30.1. The molecule has 0 heterocycles. The van der Waals surface area contributed by atoms with E-state index in [2.05, 4.69) is 5.32 Å². The highest BCUT2D eigenvalue weighted by molar-refractivity contribution is 7.92. The first-order valence-electron chi connectivity index (χ1n) is 12.7. The van der Waals surface area contributed by atoms with Crippen LogP contribution in [0.4, 0.5) is 10.1 Å². The van der Waals surface area contributed by atoms with Crippen LogP contribution in [0.15, 0.2) is 77.7 Å². The smallest absolute Gasteiger partial charge is 0.264 e. The first-order valence-corrected chi connectivity index (χ1v) is 14.5. The topological polar surface area (TPSA) is 86.8 Å². The van der Waals surface area contributed by atoms with Gasteiger partial charge < -0.3 is 10.2 Å². The van der Waals surface area contributed by atoms with E-state index >= 15 is 0 Å². The van der Waals surface area contributed by atoms with Crippen LogP contribution in [0.5, 0.6) is 0 Å². The number of anilines is 1. The quantitative estimate of drug-likeness (QED) is 0.297. The van der Waals surface area contributed by atoms with Crippen molar-refractivity contribution in [3.8, 4) is 0 Å². The molecule has 0 bridgehead atoms. The van der Waals surface area contributed by atoms with Gasteiger partial charge in [0.2, 0.25) is 11.8 Å². The molecular formula is C29H33ClFN3O4S. The molecule has 208 valence electrons. The van der Waals surface area contributed by atoms with Gasteiger partial charge in [-0.2, -0.15) is 0 Å². The number of nitrogens with zero attached hydrogens (tertiary/aromatic N) is 2. The maximum atomic E-state index is 14.9. The Kier molecular flexibility index (Phi) is 10.5. The van der Waals surface area contributed by atoms with Gasteiger partial charge in [0.15, 0.2) is 0 Å². The van der Waals surface area contributed by atoms with Crippen LogP contribution >= 0.6 is 11.6 Å². The summed E-state index contributed by atoms with van der Waals surface area (Å²) in [7, 11) is -4.34. The van der Waals surface area contributed by atoms with E-state index in [1.54, 1.807) is 43.3 Å². The number of unbranched alkanes of at least 4 members (excludes halogenated alkanes) is 1. The predicted octanol–water partition coefficient (Wildman–Crippen LogP) is 5.32. The van der Waals surface area contributed by atoms with Crippen LogP contribution in [-0.2, 0) is 26.2 Å². The van der Waals surface area contributed by atoms with Crippen LogP contribution in [0, 0.1) is 12.7 Å². The fraction of sp³-hybridized carbons (Fsp3) is 0.310. The summed E-state index contributed by atoms with van der Waals surface area (Å²) in [4.78, 5) is 28.0. The van der Waals surface area contributed by atoms with Crippen molar-refractivity contribution in [2.75, 3.05) is 17.4 Å². The highest BCUT2D eigenvalue weighted by Gasteiger charge is 2.33. The number of amides is 2. The molecule has 39 heavy (non-hydrogen) atoms. The fourth-order valence-electron chi connectivity index (χ4n) is 3.91. The summed E-state index contributed by atoms with van der Waals surface area (Å²) in [6.45, 7) is 5.15. The van der Waals surface area contributed by atoms with E-state index in [1.807, 2.05) is 13.8 Å². The molecule has 3 aromatic carbocycles. The number of para-hydroxylation sites is 1. The van der Waals surface area contributed by atoms with Gasteiger partial charge in [0.25, 0.3) is 10.0 Å². The van der Waals surface area contributed by atoms with Crippen molar-refractivity contribution in [2.24, 2.45) is 0 Å². The zero-order valence-corrected chi connectivity index (χ0v) is 23.8. The Morgan fingerprint density at radius 2 is 1.64 bits per heavy atom. The second kappa shape index (κ2) is 13.6. The molecule has 0 saturated carbocycles. The molecule has 0 aliphatic rings. The summed E-state index contributed by atoms with van der Waals surface area (Å²) in [5.74, 6) is -1.83. The van der Waals surface area contributed by atoms with Crippen LogP contribution < -0.4 is 9.62 Å². The highest BCUT2D eigenvalue weighted by atomic mass is 35.5. The monoisotopic (exact) mass is 573 g/mol. The largest absolute Gasteiger partial charge is 0.354 e. The van der Waals surface area contributed by atoms with Gasteiger partial charge in [-0.05, 0) is 62.2 Å². The molecule has 3 rings (SSSR count). The minimum Gasteiger partial charge on any atom is -0.354 e. The molecule has 2 amide bonds. The van der Waals surface area contributed by atoms with Crippen LogP contribution in [0.2, 0.25) is 5.02 Å². The number of sulfonamides is 1. The fourth-order valence-corrected chi connectivity index (χ4v) is 5.46. The molecule has 0 fully saturated rings. The van der Waals surface area contributed by atoms with Gasteiger partial charge in [-0.25, -0.2) is 12.8 Å². The number of carbonyl (C=O) groups is 2. The van der Waals surface area contributed by atoms with Gasteiger partial charge in [0.1, 0.15) is 18.4 Å². The molecule has 0 unspecified atom stereocenters. The number of carbonyl (C=O) groups excluding carboxylic acids is 2. The Balaban J connectivity index is 2.00. The lowest BCUT2D eigenvalue weighted by molar-refractivity contribution is -0.139. The van der Waals surface area contributed by atoms with Crippen molar-refractivity contribution in [1.82, 2.24) is 10.2 Å². The minimum absolute atomic E-state index is 0.0219. The standard InChI is InChI=1S/C29H33ClFN3O4S/c1-4-5-18-32-29(36)22(3)33(19-23-12-14-24(30)15-13-23)28(35)20-34(27-9-7-6-8-26(27)31)39(37,38)25-16-10-21(2)11-17-25/h6-17,22H,4-5,18-20H2,1-3H3,(H,32,36)/t22-/m1/s1. The van der Waals surface area contributed by atoms with Crippen LogP contribution in [0.25, 0.3) is 0 Å². The van der Waals surface area contributed by atoms with E-state index in [0.717, 1.165) is 28.8 Å². The molecule has 0 aliphatic carbocycles. The van der Waals surface area contributed by atoms with Crippen molar-refractivity contribution in [3.05, 3.63) is 94.8 Å². The Labute approximate surface area is 234 Å². The minimum atomic E-state index is -4.34. The zero-order chi connectivity index (χ0) is 28.6. The molecular weight excluding hydrogens is 541 g/mol. The average Bonchev–Trinajstić information content (AvgIpc) is 2.91. The molecule has 0 saturated heterocycles. The van der Waals surface area contributed by atoms with Gasteiger partial charge >= 0.3 is 0 Å². The van der Waals surface area contributed by atoms with Crippen molar-refractivity contribution in [2.45, 2.75) is 51.1 Å². The zero-order valence-electron chi connectivity index (χ0n) is 22.2. The average molecular weight is 574 g/mol. The van der Waals surface area contributed by atoms with Crippen molar-refractivity contribution in [3.63, 3.8) is 0 Å². The lowest BCUT2D eigenvalue weighted by atomic mass is 10.1. The summed E-state index contributed by atoms with van der Waals surface area (Å²) in [6, 6.07) is 17.3. The first-order chi connectivity index (χ1) is 18.5. The normalized spacial score (nSPS) is 12.0. The predicted molar refractivity (Wildman–Crippen MR) is 151 cm³/mol. The lowest BCUT2D eigenvalue weighted by Crippen LogP contribution is -2.51. The van der Waals surface area contributed by atoms with Gasteiger partial charge in [-0.15, -0.1) is 0 Å². The number of hydrogen-bond acceptors (Lipinski definition) is 4. The van der Waals surface area contributed by atoms with Crippen molar-refractivity contribution < 1.29 is 22.4 Å². The Hall–Kier alpha value is -3.43. The molecule has 10 heteroatoms. The number of aryl methyl sites for hydroxylation is 1. The van der Waals surface area contributed by atoms with E-state index in [0.29, 0.717) is 17.1 Å². The second-order valence-corrected chi connectivity index (χ2v) is 11.5. The summed E-state index contributed by atoms with van der Waals surface area (Å²) in [5.41, 5.74) is 1.28. The number of rotatable bonds is 12. The molecule has 0 aliphatic heterocycles. The van der Waals surface area contributed by atoms with E-state index in [-0.39, 0.29) is 23.0 Å². The third-order valence-corrected chi connectivity index (χ3v) is 8.30. The highest BCUT2D eigenvalue weighted by Crippen LogP contribution is 2.27. The summed E-state index contributed by atoms with van der Waals surface area (Å²) < 4.78 is 43.1. The summed E-state index contributed by atoms with van der Waals surface area (Å²) in [6.07, 6.45) is 1.66. The van der Waals surface area contributed by atoms with E-state index in [9.17, 15) is 22.4 Å². The third-order valence-electron chi connectivity index (χ3n) is 6.27. The Morgan fingerprint density at radius 1 is 1.00 bits per heavy atom. The number of nitrogens with one attached hydrogen (secondary N) is 1. The molecule has 3 aromatic rings. The maximum Gasteiger partial charge on any atom is 0.264 e. The summed E-state index contributed by atoms with van der Waals surface area (Å²) in [5, 5.41) is 3.33. The number of hydrogen-bond donors (Lipinski definition) is 1. The third kappa shape index (κ3) is 7.80. The molecule has 0 spiro atoms. The molecule has 0 radical (unpaired) electrons. The number of halogens is 2. The van der Waals surface area contributed by atoms with Crippen LogP contribution in [-0.4, -0.2) is 44.3 Å². The SMILES string of the molecule is CCCCNC(=O)[C@@H](C)N(Cc1ccc(Cl)cc1)C(=O)CN(c1ccccc1F)S(=O)(=O)c1ccc(C)cc1. The van der Waals surface area contributed by atoms with Crippen LogP contribution in [0.3, 0.4) is 0 Å². The van der Waals surface area contributed by atoms with Crippen LogP contribution in [0.1, 0.15) is 37.8 Å². The van der Waals surface area contributed by atoms with Gasteiger partial charge in [0.05, 0.1) is 10.6 Å². The molecule has 7 nitrogen and oxygen atoms in total. The Morgan fingerprint density at radius 3 is 2.26 bits per heavy atom. The van der Waals surface area contributed by atoms with Crippen molar-refractivity contribution >= 4 is 39.1 Å². The molecule has 1 N–H and O–H groups in total. The lowest BCUT2D eigenvalue weighted by Gasteiger charge is -2.32. The summed E-state index contributed by atoms with van der Waals surface area (Å²) >= 11 is 6.01. The Bertz CT molecular complexity index is 1380. The molecule has 1 atom stereocenters. The maximum absolute atomic E-state index is 14.9. The van der Waals surface area contributed by atoms with Gasteiger partial charge in [-0.1, -0.05) is 66.9 Å². The van der Waals surface area contributed by atoms with E-state index < -0.39 is 34.3 Å². The van der Waals surface area contributed by atoms with Gasteiger partial charge in [0, 0.05) is 18.1 Å². The van der Waals surface area contributed by atoms with Gasteiger partial charge in [-0.3, -0.25) is 13.9 Å².